The molecule has 1 aromatic rings. The maximum absolute atomic E-state index is 12.0. The van der Waals surface area contributed by atoms with E-state index in [1.807, 2.05) is 30.6 Å². The molecule has 0 radical (unpaired) electrons. The molecule has 1 fully saturated rings. The molecule has 1 aliphatic rings. The van der Waals surface area contributed by atoms with Crippen LogP contribution in [0.15, 0.2) is 0 Å². The van der Waals surface area contributed by atoms with Gasteiger partial charge in [-0.3, -0.25) is 4.79 Å². The smallest absolute Gasteiger partial charge is 0.242 e. The third-order valence-corrected chi connectivity index (χ3v) is 3.65. The van der Waals surface area contributed by atoms with Crippen molar-refractivity contribution in [1.82, 2.24) is 20.3 Å². The number of amides is 1. The van der Waals surface area contributed by atoms with E-state index in [0.717, 1.165) is 13.1 Å². The summed E-state index contributed by atoms with van der Waals surface area (Å²) in [6.07, 6.45) is 0.692. The van der Waals surface area contributed by atoms with Crippen LogP contribution in [0.1, 0.15) is 27.2 Å². The van der Waals surface area contributed by atoms with Crippen molar-refractivity contribution in [1.29, 1.82) is 0 Å². The highest BCUT2D eigenvalue weighted by Gasteiger charge is 2.30. The van der Waals surface area contributed by atoms with Gasteiger partial charge < -0.3 is 20.9 Å². The molecule has 0 aromatic carbocycles. The van der Waals surface area contributed by atoms with Crippen molar-refractivity contribution in [3.05, 3.63) is 0 Å². The molecule has 21 heavy (non-hydrogen) atoms. The van der Waals surface area contributed by atoms with E-state index in [4.69, 9.17) is 5.73 Å². The first-order valence-electron chi connectivity index (χ1n) is 7.41. The zero-order valence-corrected chi connectivity index (χ0v) is 12.8. The number of nitrogens with two attached hydrogens (primary N) is 1. The van der Waals surface area contributed by atoms with Gasteiger partial charge in [-0.05, 0) is 20.3 Å². The predicted molar refractivity (Wildman–Crippen MR) is 82.2 cm³/mol. The lowest BCUT2D eigenvalue weighted by Gasteiger charge is -2.34. The van der Waals surface area contributed by atoms with Crippen LogP contribution in [0.3, 0.4) is 0 Å². The summed E-state index contributed by atoms with van der Waals surface area (Å²) >= 11 is 0. The maximum atomic E-state index is 12.0. The zero-order chi connectivity index (χ0) is 15.4. The standard InChI is InChI=1S/C13H23N7O/c1-4-9-10(21)15-7-8-20(9)13-17-11(14)16-12(18-13)19(5-2)6-3/h9H,4-8H2,1-3H3,(H,15,21)(H2,14,16,17,18). The number of anilines is 3. The van der Waals surface area contributed by atoms with Crippen molar-refractivity contribution in [2.24, 2.45) is 0 Å². The molecule has 1 aliphatic heterocycles. The van der Waals surface area contributed by atoms with E-state index in [1.54, 1.807) is 0 Å². The molecule has 0 aliphatic carbocycles. The van der Waals surface area contributed by atoms with E-state index >= 15 is 0 Å². The number of rotatable bonds is 5. The molecule has 1 unspecified atom stereocenters. The Morgan fingerprint density at radius 3 is 2.62 bits per heavy atom. The molecule has 1 amide bonds. The van der Waals surface area contributed by atoms with Crippen molar-refractivity contribution in [2.45, 2.75) is 33.2 Å². The molecule has 2 rings (SSSR count). The summed E-state index contributed by atoms with van der Waals surface area (Å²) < 4.78 is 0. The van der Waals surface area contributed by atoms with Crippen molar-refractivity contribution in [2.75, 3.05) is 41.7 Å². The monoisotopic (exact) mass is 293 g/mol. The lowest BCUT2D eigenvalue weighted by atomic mass is 10.1. The average Bonchev–Trinajstić information content (AvgIpc) is 2.47. The number of piperazine rings is 1. The normalized spacial score (nSPS) is 18.5. The van der Waals surface area contributed by atoms with Crippen LogP contribution in [-0.2, 0) is 4.79 Å². The lowest BCUT2D eigenvalue weighted by Crippen LogP contribution is -2.55. The van der Waals surface area contributed by atoms with Crippen LogP contribution in [0.2, 0.25) is 0 Å². The topological polar surface area (TPSA) is 100 Å². The van der Waals surface area contributed by atoms with E-state index in [0.29, 0.717) is 31.4 Å². The molecule has 1 aromatic heterocycles. The quantitative estimate of drug-likeness (QED) is 0.789. The van der Waals surface area contributed by atoms with Gasteiger partial charge in [0.15, 0.2) is 0 Å². The van der Waals surface area contributed by atoms with Gasteiger partial charge in [0.05, 0.1) is 0 Å². The van der Waals surface area contributed by atoms with Crippen LogP contribution in [-0.4, -0.2) is 53.1 Å². The van der Waals surface area contributed by atoms with Gasteiger partial charge in [-0.1, -0.05) is 6.92 Å². The number of hydrogen-bond donors (Lipinski definition) is 2. The molecule has 2 heterocycles. The number of hydrogen-bond acceptors (Lipinski definition) is 7. The van der Waals surface area contributed by atoms with Crippen molar-refractivity contribution >= 4 is 23.8 Å². The second-order valence-electron chi connectivity index (χ2n) is 4.87. The molecule has 116 valence electrons. The summed E-state index contributed by atoms with van der Waals surface area (Å²) in [6, 6.07) is -0.259. The van der Waals surface area contributed by atoms with E-state index in [-0.39, 0.29) is 17.9 Å². The fraction of sp³-hybridized carbons (Fsp3) is 0.692. The Bertz CT molecular complexity index is 503. The SMILES string of the molecule is CCC1C(=O)NCCN1c1nc(N)nc(N(CC)CC)n1. The minimum atomic E-state index is -0.259. The van der Waals surface area contributed by atoms with E-state index in [9.17, 15) is 4.79 Å². The zero-order valence-electron chi connectivity index (χ0n) is 12.8. The van der Waals surface area contributed by atoms with Crippen LogP contribution < -0.4 is 20.9 Å². The summed E-state index contributed by atoms with van der Waals surface area (Å²) in [5.41, 5.74) is 5.82. The first kappa shape index (κ1) is 15.3. The van der Waals surface area contributed by atoms with Crippen LogP contribution in [0, 0.1) is 0 Å². The highest BCUT2D eigenvalue weighted by atomic mass is 16.2. The van der Waals surface area contributed by atoms with Gasteiger partial charge in [0.1, 0.15) is 6.04 Å². The van der Waals surface area contributed by atoms with Crippen molar-refractivity contribution < 1.29 is 4.79 Å². The Hall–Kier alpha value is -2.12. The van der Waals surface area contributed by atoms with Crippen LogP contribution in [0.25, 0.3) is 0 Å². The molecule has 0 bridgehead atoms. The van der Waals surface area contributed by atoms with E-state index < -0.39 is 0 Å². The van der Waals surface area contributed by atoms with E-state index in [2.05, 4.69) is 20.3 Å². The number of nitrogen functional groups attached to an aromatic ring is 1. The maximum Gasteiger partial charge on any atom is 0.242 e. The van der Waals surface area contributed by atoms with Crippen LogP contribution in [0.5, 0.6) is 0 Å². The number of nitrogens with one attached hydrogen (secondary N) is 1. The minimum absolute atomic E-state index is 0.00660. The Morgan fingerprint density at radius 1 is 1.29 bits per heavy atom. The van der Waals surface area contributed by atoms with Gasteiger partial charge in [-0.25, -0.2) is 0 Å². The fourth-order valence-corrected chi connectivity index (χ4v) is 2.51. The molecule has 1 atom stereocenters. The summed E-state index contributed by atoms with van der Waals surface area (Å²) in [7, 11) is 0. The highest BCUT2D eigenvalue weighted by molar-refractivity contribution is 5.85. The minimum Gasteiger partial charge on any atom is -0.368 e. The lowest BCUT2D eigenvalue weighted by molar-refractivity contribution is -0.123. The number of aromatic nitrogens is 3. The van der Waals surface area contributed by atoms with Gasteiger partial charge in [0, 0.05) is 26.2 Å². The first-order chi connectivity index (χ1) is 10.1. The Balaban J connectivity index is 2.36. The highest BCUT2D eigenvalue weighted by Crippen LogP contribution is 2.19. The van der Waals surface area contributed by atoms with Crippen molar-refractivity contribution in [3.63, 3.8) is 0 Å². The molecule has 1 saturated heterocycles. The Labute approximate surface area is 124 Å². The average molecular weight is 293 g/mol. The summed E-state index contributed by atoms with van der Waals surface area (Å²) in [4.78, 5) is 28.8. The van der Waals surface area contributed by atoms with Gasteiger partial charge in [-0.2, -0.15) is 15.0 Å². The molecule has 8 heteroatoms. The summed E-state index contributed by atoms with van der Waals surface area (Å²) in [5.74, 6) is 1.23. The summed E-state index contributed by atoms with van der Waals surface area (Å²) in [6.45, 7) is 8.87. The molecule has 0 spiro atoms. The molecule has 3 N–H and O–H groups in total. The number of carbonyl (C=O) groups is 1. The fourth-order valence-electron chi connectivity index (χ4n) is 2.51. The summed E-state index contributed by atoms with van der Waals surface area (Å²) in [5, 5.41) is 2.86. The third-order valence-electron chi connectivity index (χ3n) is 3.65. The van der Waals surface area contributed by atoms with Gasteiger partial charge in [0.2, 0.25) is 23.8 Å². The predicted octanol–water partition coefficient (Wildman–Crippen LogP) is 0.0148. The van der Waals surface area contributed by atoms with Gasteiger partial charge in [-0.15, -0.1) is 0 Å². The molecular formula is C13H23N7O. The van der Waals surface area contributed by atoms with Crippen LogP contribution in [0.4, 0.5) is 17.8 Å². The molecule has 0 saturated carbocycles. The van der Waals surface area contributed by atoms with E-state index in [1.165, 1.54) is 0 Å². The molecular weight excluding hydrogens is 270 g/mol. The number of carbonyl (C=O) groups excluding carboxylic acids is 1. The largest absolute Gasteiger partial charge is 0.368 e. The first-order valence-corrected chi connectivity index (χ1v) is 7.41. The third kappa shape index (κ3) is 3.14. The van der Waals surface area contributed by atoms with Crippen molar-refractivity contribution in [3.8, 4) is 0 Å². The van der Waals surface area contributed by atoms with Gasteiger partial charge >= 0.3 is 0 Å². The van der Waals surface area contributed by atoms with Gasteiger partial charge in [0.25, 0.3) is 0 Å². The Kier molecular flexibility index (Phi) is 4.77. The van der Waals surface area contributed by atoms with Crippen LogP contribution >= 0.6 is 0 Å². The number of nitrogens with zero attached hydrogens (tertiary/aromatic N) is 5. The second kappa shape index (κ2) is 6.55. The molecule has 8 nitrogen and oxygen atoms in total. The second-order valence-corrected chi connectivity index (χ2v) is 4.87. The Morgan fingerprint density at radius 2 is 2.00 bits per heavy atom.